The highest BCUT2D eigenvalue weighted by molar-refractivity contribution is 7.99. The van der Waals surface area contributed by atoms with Gasteiger partial charge in [0.25, 0.3) is 5.56 Å². The van der Waals surface area contributed by atoms with Gasteiger partial charge >= 0.3 is 5.97 Å². The molecule has 0 saturated heterocycles. The second kappa shape index (κ2) is 9.50. The van der Waals surface area contributed by atoms with Gasteiger partial charge < -0.3 is 14.1 Å². The average Bonchev–Trinajstić information content (AvgIpc) is 3.41. The summed E-state index contributed by atoms with van der Waals surface area (Å²) in [6.07, 6.45) is 1.54. The summed E-state index contributed by atoms with van der Waals surface area (Å²) in [6, 6.07) is 10.6. The number of Topliss-reactive ketones (excluding diaryl/α,β-unsaturated/α-hetero) is 1. The van der Waals surface area contributed by atoms with Crippen LogP contribution >= 0.6 is 11.8 Å². The fraction of sp³-hybridized carbons (Fsp3) is 0.250. The first-order chi connectivity index (χ1) is 15.9. The van der Waals surface area contributed by atoms with Gasteiger partial charge in [-0.15, -0.1) is 0 Å². The Hall–Kier alpha value is -3.59. The van der Waals surface area contributed by atoms with Crippen molar-refractivity contribution >= 4 is 34.4 Å². The van der Waals surface area contributed by atoms with Crippen LogP contribution in [0.25, 0.3) is 10.9 Å². The zero-order valence-corrected chi connectivity index (χ0v) is 19.3. The zero-order valence-electron chi connectivity index (χ0n) is 18.5. The lowest BCUT2D eigenvalue weighted by Gasteiger charge is -2.12. The Morgan fingerprint density at radius 2 is 1.88 bits per heavy atom. The molecule has 1 N–H and O–H groups in total. The minimum atomic E-state index is -0.536. The van der Waals surface area contributed by atoms with E-state index >= 15 is 0 Å². The zero-order chi connectivity index (χ0) is 23.5. The van der Waals surface area contributed by atoms with E-state index in [0.29, 0.717) is 38.8 Å². The highest BCUT2D eigenvalue weighted by Crippen LogP contribution is 2.25. The number of para-hydroxylation sites is 1. The maximum absolute atomic E-state index is 13.2. The van der Waals surface area contributed by atoms with E-state index in [2.05, 4.69) is 9.97 Å². The molecule has 4 aromatic rings. The molecule has 0 bridgehead atoms. The third kappa shape index (κ3) is 4.49. The number of carbonyl (C=O) groups excluding carboxylic acids is 2. The molecule has 0 radical (unpaired) electrons. The smallest absolute Gasteiger partial charge is 0.340 e. The molecule has 1 aromatic carbocycles. The number of carbonyl (C=O) groups is 2. The van der Waals surface area contributed by atoms with E-state index in [0.717, 1.165) is 11.8 Å². The maximum atomic E-state index is 13.2. The molecule has 8 nitrogen and oxygen atoms in total. The van der Waals surface area contributed by atoms with Gasteiger partial charge in [-0.25, -0.2) is 9.78 Å². The van der Waals surface area contributed by atoms with Crippen molar-refractivity contribution in [3.8, 4) is 0 Å². The normalized spacial score (nSPS) is 11.1. The average molecular weight is 466 g/mol. The molecule has 0 unspecified atom stereocenters. The van der Waals surface area contributed by atoms with E-state index in [4.69, 9.17) is 9.15 Å². The van der Waals surface area contributed by atoms with Crippen LogP contribution in [0, 0.1) is 13.8 Å². The van der Waals surface area contributed by atoms with E-state index in [-0.39, 0.29) is 35.8 Å². The summed E-state index contributed by atoms with van der Waals surface area (Å²) < 4.78 is 12.1. The van der Waals surface area contributed by atoms with Gasteiger partial charge in [0.05, 0.1) is 47.2 Å². The first-order valence-electron chi connectivity index (χ1n) is 10.4. The Balaban J connectivity index is 1.68. The third-order valence-corrected chi connectivity index (χ3v) is 6.16. The minimum absolute atomic E-state index is 0.00647. The molecule has 0 aliphatic carbocycles. The summed E-state index contributed by atoms with van der Waals surface area (Å²) in [5, 5.41) is 0.882. The standard InChI is InChI=1S/C24H23N3O5S/c1-4-31-23(30)21-15(3)25-14(2)20(21)19(28)13-33-24-26-18-10-6-5-9-17(18)22(29)27(24)12-16-8-7-11-32-16/h5-11,25H,4,12-13H2,1-3H3. The van der Waals surface area contributed by atoms with Crippen LogP contribution in [0.2, 0.25) is 0 Å². The number of furan rings is 1. The SMILES string of the molecule is CCOC(=O)c1c(C)[nH]c(C)c1C(=O)CSc1nc2ccccc2c(=O)n1Cc1ccco1. The van der Waals surface area contributed by atoms with Crippen LogP contribution in [0.15, 0.2) is 57.0 Å². The summed E-state index contributed by atoms with van der Waals surface area (Å²) >= 11 is 1.15. The second-order valence-electron chi connectivity index (χ2n) is 7.44. The van der Waals surface area contributed by atoms with Crippen molar-refractivity contribution < 1.29 is 18.7 Å². The van der Waals surface area contributed by atoms with E-state index in [9.17, 15) is 14.4 Å². The molecule has 0 atom stereocenters. The second-order valence-corrected chi connectivity index (χ2v) is 8.38. The minimum Gasteiger partial charge on any atom is -0.467 e. The summed E-state index contributed by atoms with van der Waals surface area (Å²) in [5.41, 5.74) is 2.07. The number of H-pyrrole nitrogens is 1. The predicted octanol–water partition coefficient (Wildman–Crippen LogP) is 4.13. The van der Waals surface area contributed by atoms with Gasteiger partial charge in [0.15, 0.2) is 10.9 Å². The summed E-state index contributed by atoms with van der Waals surface area (Å²) in [6.45, 7) is 5.60. The van der Waals surface area contributed by atoms with Crippen molar-refractivity contribution in [2.24, 2.45) is 0 Å². The van der Waals surface area contributed by atoms with Crippen molar-refractivity contribution in [3.63, 3.8) is 0 Å². The molecule has 0 fully saturated rings. The molecule has 0 aliphatic heterocycles. The number of thioether (sulfide) groups is 1. The van der Waals surface area contributed by atoms with Crippen LogP contribution in [-0.2, 0) is 11.3 Å². The van der Waals surface area contributed by atoms with Crippen LogP contribution in [0.4, 0.5) is 0 Å². The number of ketones is 1. The van der Waals surface area contributed by atoms with Gasteiger partial charge in [-0.2, -0.15) is 0 Å². The number of benzene rings is 1. The number of hydrogen-bond donors (Lipinski definition) is 1. The van der Waals surface area contributed by atoms with Crippen molar-refractivity contribution in [2.45, 2.75) is 32.5 Å². The third-order valence-electron chi connectivity index (χ3n) is 5.19. The number of rotatable bonds is 8. The number of ether oxygens (including phenoxy) is 1. The molecule has 0 amide bonds. The fourth-order valence-corrected chi connectivity index (χ4v) is 4.62. The number of esters is 1. The lowest BCUT2D eigenvalue weighted by molar-refractivity contribution is 0.0522. The van der Waals surface area contributed by atoms with Crippen molar-refractivity contribution in [1.82, 2.24) is 14.5 Å². The Morgan fingerprint density at radius 1 is 1.12 bits per heavy atom. The molecule has 170 valence electrons. The van der Waals surface area contributed by atoms with Crippen molar-refractivity contribution in [1.29, 1.82) is 0 Å². The lowest BCUT2D eigenvalue weighted by Crippen LogP contribution is -2.24. The number of aromatic nitrogens is 3. The number of aromatic amines is 1. The number of nitrogens with one attached hydrogen (secondary N) is 1. The first-order valence-corrected chi connectivity index (χ1v) is 11.4. The number of aryl methyl sites for hydroxylation is 2. The van der Waals surface area contributed by atoms with E-state index in [1.54, 1.807) is 57.4 Å². The first kappa shape index (κ1) is 22.6. The number of hydrogen-bond acceptors (Lipinski definition) is 7. The molecule has 33 heavy (non-hydrogen) atoms. The van der Waals surface area contributed by atoms with Crippen molar-refractivity contribution in [2.75, 3.05) is 12.4 Å². The van der Waals surface area contributed by atoms with Crippen LogP contribution < -0.4 is 5.56 Å². The van der Waals surface area contributed by atoms with E-state index in [1.165, 1.54) is 4.57 Å². The summed E-state index contributed by atoms with van der Waals surface area (Å²) in [4.78, 5) is 46.5. The quantitative estimate of drug-likeness (QED) is 0.180. The van der Waals surface area contributed by atoms with Crippen LogP contribution in [-0.4, -0.2) is 38.6 Å². The summed E-state index contributed by atoms with van der Waals surface area (Å²) in [5.74, 6) is -0.194. The maximum Gasteiger partial charge on any atom is 0.340 e. The molecule has 0 spiro atoms. The Morgan fingerprint density at radius 3 is 2.61 bits per heavy atom. The van der Waals surface area contributed by atoms with Crippen molar-refractivity contribution in [3.05, 3.63) is 81.3 Å². The number of nitrogens with zero attached hydrogens (tertiary/aromatic N) is 2. The van der Waals surface area contributed by atoms with Gasteiger partial charge in [0, 0.05) is 11.4 Å². The Bertz CT molecular complexity index is 1390. The van der Waals surface area contributed by atoms with Crippen LogP contribution in [0.1, 0.15) is 44.8 Å². The van der Waals surface area contributed by atoms with E-state index < -0.39 is 5.97 Å². The highest BCUT2D eigenvalue weighted by Gasteiger charge is 2.26. The molecule has 3 aromatic heterocycles. The van der Waals surface area contributed by atoms with E-state index in [1.807, 2.05) is 6.07 Å². The molecule has 4 rings (SSSR count). The summed E-state index contributed by atoms with van der Waals surface area (Å²) in [7, 11) is 0. The molecular weight excluding hydrogens is 442 g/mol. The van der Waals surface area contributed by atoms with Gasteiger partial charge in [0.2, 0.25) is 0 Å². The molecule has 3 heterocycles. The van der Waals surface area contributed by atoms with Gasteiger partial charge in [-0.1, -0.05) is 23.9 Å². The van der Waals surface area contributed by atoms with Gasteiger partial charge in [-0.3, -0.25) is 14.2 Å². The lowest BCUT2D eigenvalue weighted by atomic mass is 10.1. The topological polar surface area (TPSA) is 107 Å². The molecule has 0 saturated carbocycles. The number of fused-ring (bicyclic) bond motifs is 1. The fourth-order valence-electron chi connectivity index (χ4n) is 3.75. The van der Waals surface area contributed by atoms with Gasteiger partial charge in [0.1, 0.15) is 5.76 Å². The monoisotopic (exact) mass is 465 g/mol. The Kier molecular flexibility index (Phi) is 6.50. The predicted molar refractivity (Wildman–Crippen MR) is 125 cm³/mol. The molecule has 9 heteroatoms. The molecular formula is C24H23N3O5S. The van der Waals surface area contributed by atoms with Crippen LogP contribution in [0.3, 0.4) is 0 Å². The van der Waals surface area contributed by atoms with Gasteiger partial charge in [-0.05, 0) is 45.0 Å². The largest absolute Gasteiger partial charge is 0.467 e. The highest BCUT2D eigenvalue weighted by atomic mass is 32.2. The Labute approximate surface area is 194 Å². The molecule has 0 aliphatic rings. The van der Waals surface area contributed by atoms with Crippen LogP contribution in [0.5, 0.6) is 0 Å².